The van der Waals surface area contributed by atoms with Gasteiger partial charge in [-0.3, -0.25) is 9.52 Å². The number of rotatable bonds is 3. The lowest BCUT2D eigenvalue weighted by Gasteiger charge is -2.10. The number of nitrogens with one attached hydrogen (secondary N) is 2. The van der Waals surface area contributed by atoms with Crippen molar-refractivity contribution in [3.8, 4) is 0 Å². The summed E-state index contributed by atoms with van der Waals surface area (Å²) in [7, 11) is -3.64. The third-order valence-corrected chi connectivity index (χ3v) is 5.10. The molecule has 0 aliphatic carbocycles. The second-order valence-corrected chi connectivity index (χ2v) is 7.12. The average molecular weight is 316 g/mol. The molecule has 0 spiro atoms. The van der Waals surface area contributed by atoms with Gasteiger partial charge in [0.1, 0.15) is 0 Å². The van der Waals surface area contributed by atoms with E-state index in [-0.39, 0.29) is 16.7 Å². The maximum atomic E-state index is 12.4. The zero-order valence-electron chi connectivity index (χ0n) is 12.3. The number of hydrogen-bond acceptors (Lipinski definition) is 3. The van der Waals surface area contributed by atoms with Gasteiger partial charge in [-0.15, -0.1) is 0 Å². The van der Waals surface area contributed by atoms with E-state index >= 15 is 0 Å². The Hall–Kier alpha value is -2.34. The lowest BCUT2D eigenvalue weighted by Crippen LogP contribution is -2.13. The second kappa shape index (κ2) is 5.14. The highest BCUT2D eigenvalue weighted by Crippen LogP contribution is 2.34. The van der Waals surface area contributed by atoms with E-state index in [4.69, 9.17) is 0 Å². The monoisotopic (exact) mass is 316 g/mol. The second-order valence-electron chi connectivity index (χ2n) is 5.43. The van der Waals surface area contributed by atoms with Crippen molar-refractivity contribution in [1.82, 2.24) is 0 Å². The van der Waals surface area contributed by atoms with Gasteiger partial charge in [0, 0.05) is 11.4 Å². The normalized spacial score (nSPS) is 17.0. The van der Waals surface area contributed by atoms with Crippen molar-refractivity contribution in [3.63, 3.8) is 0 Å². The van der Waals surface area contributed by atoms with Gasteiger partial charge >= 0.3 is 0 Å². The van der Waals surface area contributed by atoms with Gasteiger partial charge in [0.05, 0.1) is 10.8 Å². The van der Waals surface area contributed by atoms with E-state index in [1.54, 1.807) is 43.3 Å². The maximum absolute atomic E-state index is 12.4. The maximum Gasteiger partial charge on any atom is 0.261 e. The van der Waals surface area contributed by atoms with E-state index in [1.165, 1.54) is 0 Å². The van der Waals surface area contributed by atoms with Crippen LogP contribution < -0.4 is 10.0 Å². The topological polar surface area (TPSA) is 75.3 Å². The summed E-state index contributed by atoms with van der Waals surface area (Å²) in [6.45, 7) is 3.63. The third kappa shape index (κ3) is 2.57. The molecule has 22 heavy (non-hydrogen) atoms. The first kappa shape index (κ1) is 14.6. The van der Waals surface area contributed by atoms with Crippen molar-refractivity contribution in [3.05, 3.63) is 53.6 Å². The molecule has 2 N–H and O–H groups in total. The van der Waals surface area contributed by atoms with Crippen LogP contribution in [0.3, 0.4) is 0 Å². The van der Waals surface area contributed by atoms with Crippen LogP contribution in [-0.2, 0) is 14.8 Å². The number of hydrogen-bond donors (Lipinski definition) is 2. The Morgan fingerprint density at radius 2 is 1.91 bits per heavy atom. The minimum absolute atomic E-state index is 0.0753. The van der Waals surface area contributed by atoms with E-state index in [2.05, 4.69) is 10.0 Å². The average Bonchev–Trinajstić information content (AvgIpc) is 2.74. The molecule has 0 fully saturated rings. The molecule has 2 aromatic rings. The molecular weight excluding hydrogens is 300 g/mol. The number of carbonyl (C=O) groups is 1. The Bertz CT molecular complexity index is 859. The molecule has 0 bridgehead atoms. The summed E-state index contributed by atoms with van der Waals surface area (Å²) < 4.78 is 27.4. The number of amides is 1. The molecule has 5 nitrogen and oxygen atoms in total. The van der Waals surface area contributed by atoms with Crippen LogP contribution in [0.25, 0.3) is 0 Å². The first-order valence-corrected chi connectivity index (χ1v) is 8.39. The number of fused-ring (bicyclic) bond motifs is 1. The van der Waals surface area contributed by atoms with Gasteiger partial charge in [-0.2, -0.15) is 0 Å². The molecule has 6 heteroatoms. The number of benzene rings is 2. The van der Waals surface area contributed by atoms with Crippen LogP contribution in [0.4, 0.5) is 11.4 Å². The Labute approximate surface area is 129 Å². The fraction of sp³-hybridized carbons (Fsp3) is 0.188. The van der Waals surface area contributed by atoms with Crippen molar-refractivity contribution in [1.29, 1.82) is 0 Å². The van der Waals surface area contributed by atoms with Crippen molar-refractivity contribution in [2.24, 2.45) is 0 Å². The molecule has 0 aromatic heterocycles. The van der Waals surface area contributed by atoms with Crippen molar-refractivity contribution >= 4 is 27.3 Å². The molecule has 114 valence electrons. The molecule has 1 atom stereocenters. The van der Waals surface area contributed by atoms with Gasteiger partial charge in [-0.05, 0) is 55.3 Å². The van der Waals surface area contributed by atoms with Crippen LogP contribution in [0.5, 0.6) is 0 Å². The zero-order valence-corrected chi connectivity index (χ0v) is 13.1. The quantitative estimate of drug-likeness (QED) is 0.914. The Balaban J connectivity index is 1.93. The molecule has 1 aliphatic heterocycles. The van der Waals surface area contributed by atoms with Crippen LogP contribution in [-0.4, -0.2) is 14.3 Å². The smallest absolute Gasteiger partial charge is 0.261 e. The molecule has 0 radical (unpaired) electrons. The standard InChI is InChI=1S/C16H16N2O3S/c1-10-4-3-5-13(8-10)22(20,21)18-12-6-7-15-14(9-12)11(2)16(19)17-15/h3-9,11,18H,1-2H3,(H,17,19). The highest BCUT2D eigenvalue weighted by molar-refractivity contribution is 7.92. The number of aryl methyl sites for hydroxylation is 1. The minimum Gasteiger partial charge on any atom is -0.325 e. The lowest BCUT2D eigenvalue weighted by atomic mass is 10.0. The number of carbonyl (C=O) groups excluding carboxylic acids is 1. The SMILES string of the molecule is Cc1cccc(S(=O)(=O)Nc2ccc3c(c2)C(C)C(=O)N3)c1. The van der Waals surface area contributed by atoms with E-state index in [9.17, 15) is 13.2 Å². The summed E-state index contributed by atoms with van der Waals surface area (Å²) in [5, 5.41) is 2.76. The van der Waals surface area contributed by atoms with E-state index < -0.39 is 10.0 Å². The van der Waals surface area contributed by atoms with Crippen molar-refractivity contribution < 1.29 is 13.2 Å². The molecule has 0 saturated carbocycles. The summed E-state index contributed by atoms with van der Waals surface area (Å²) in [5.41, 5.74) is 2.86. The van der Waals surface area contributed by atoms with E-state index in [0.717, 1.165) is 16.8 Å². The van der Waals surface area contributed by atoms with E-state index in [0.29, 0.717) is 5.69 Å². The van der Waals surface area contributed by atoms with Gasteiger partial charge < -0.3 is 5.32 Å². The number of sulfonamides is 1. The van der Waals surface area contributed by atoms with Crippen LogP contribution in [0, 0.1) is 6.92 Å². The van der Waals surface area contributed by atoms with Crippen LogP contribution in [0.2, 0.25) is 0 Å². The Morgan fingerprint density at radius 3 is 2.64 bits per heavy atom. The Kier molecular flexibility index (Phi) is 3.41. The summed E-state index contributed by atoms with van der Waals surface area (Å²) in [4.78, 5) is 11.9. The fourth-order valence-corrected chi connectivity index (χ4v) is 3.63. The molecular formula is C16H16N2O3S. The summed E-state index contributed by atoms with van der Waals surface area (Å²) in [6, 6.07) is 11.8. The predicted molar refractivity (Wildman–Crippen MR) is 85.5 cm³/mol. The predicted octanol–water partition coefficient (Wildman–Crippen LogP) is 2.85. The molecule has 1 unspecified atom stereocenters. The summed E-state index contributed by atoms with van der Waals surface area (Å²) >= 11 is 0. The molecule has 0 saturated heterocycles. The molecule has 1 amide bonds. The largest absolute Gasteiger partial charge is 0.325 e. The van der Waals surface area contributed by atoms with Gasteiger partial charge in [-0.25, -0.2) is 8.42 Å². The van der Waals surface area contributed by atoms with Gasteiger partial charge in [0.15, 0.2) is 0 Å². The van der Waals surface area contributed by atoms with Crippen LogP contribution >= 0.6 is 0 Å². The lowest BCUT2D eigenvalue weighted by molar-refractivity contribution is -0.116. The fourth-order valence-electron chi connectivity index (χ4n) is 2.48. The highest BCUT2D eigenvalue weighted by Gasteiger charge is 2.27. The minimum atomic E-state index is -3.64. The molecule has 1 heterocycles. The molecule has 3 rings (SSSR count). The van der Waals surface area contributed by atoms with Crippen molar-refractivity contribution in [2.45, 2.75) is 24.7 Å². The first-order valence-electron chi connectivity index (χ1n) is 6.91. The summed E-state index contributed by atoms with van der Waals surface area (Å²) in [5.74, 6) is -0.355. The highest BCUT2D eigenvalue weighted by atomic mass is 32.2. The van der Waals surface area contributed by atoms with Gasteiger partial charge in [0.25, 0.3) is 10.0 Å². The Morgan fingerprint density at radius 1 is 1.14 bits per heavy atom. The summed E-state index contributed by atoms with van der Waals surface area (Å²) in [6.07, 6.45) is 0. The zero-order chi connectivity index (χ0) is 15.9. The van der Waals surface area contributed by atoms with Crippen LogP contribution in [0.15, 0.2) is 47.4 Å². The third-order valence-electron chi connectivity index (χ3n) is 3.72. The van der Waals surface area contributed by atoms with Gasteiger partial charge in [-0.1, -0.05) is 12.1 Å². The molecule has 1 aliphatic rings. The molecule has 2 aromatic carbocycles. The van der Waals surface area contributed by atoms with Crippen molar-refractivity contribution in [2.75, 3.05) is 10.0 Å². The van der Waals surface area contributed by atoms with Gasteiger partial charge in [0.2, 0.25) is 5.91 Å². The first-order chi connectivity index (χ1) is 10.4. The number of anilines is 2. The van der Waals surface area contributed by atoms with Crippen LogP contribution in [0.1, 0.15) is 24.0 Å². The van der Waals surface area contributed by atoms with E-state index in [1.807, 2.05) is 13.0 Å².